The van der Waals surface area contributed by atoms with E-state index in [1.165, 1.54) is 11.1 Å². The molecule has 3 aromatic rings. The van der Waals surface area contributed by atoms with E-state index in [0.717, 1.165) is 28.0 Å². The standard InChI is InChI=1S/C18H15NO/c19-13-10-15(12-6-2-1-3-7-12)18-16(11-13)14-8-4-5-9-17(14)20-18/h1-9,11,13H,10,19H2. The normalized spacial score (nSPS) is 17.9. The molecule has 2 N–H and O–H groups in total. The Kier molecular flexibility index (Phi) is 2.51. The van der Waals surface area contributed by atoms with Crippen molar-refractivity contribution in [3.8, 4) is 0 Å². The maximum Gasteiger partial charge on any atom is 0.139 e. The third-order valence-electron chi connectivity index (χ3n) is 3.85. The molecule has 1 aromatic heterocycles. The van der Waals surface area contributed by atoms with Crippen LogP contribution in [0.3, 0.4) is 0 Å². The molecule has 0 radical (unpaired) electrons. The Morgan fingerprint density at radius 2 is 1.70 bits per heavy atom. The molecule has 1 aliphatic rings. The fraction of sp³-hybridized carbons (Fsp3) is 0.111. The van der Waals surface area contributed by atoms with Crippen molar-refractivity contribution < 1.29 is 4.42 Å². The van der Waals surface area contributed by atoms with Crippen LogP contribution in [0, 0.1) is 0 Å². The zero-order chi connectivity index (χ0) is 13.5. The maximum absolute atomic E-state index is 6.21. The molecule has 1 unspecified atom stereocenters. The highest BCUT2D eigenvalue weighted by atomic mass is 16.3. The van der Waals surface area contributed by atoms with Gasteiger partial charge in [-0.1, -0.05) is 54.6 Å². The lowest BCUT2D eigenvalue weighted by atomic mass is 9.94. The first-order valence-corrected chi connectivity index (χ1v) is 6.86. The van der Waals surface area contributed by atoms with Gasteiger partial charge < -0.3 is 10.2 Å². The second-order valence-corrected chi connectivity index (χ2v) is 5.22. The van der Waals surface area contributed by atoms with Crippen LogP contribution in [0.5, 0.6) is 0 Å². The predicted molar refractivity (Wildman–Crippen MR) is 81.5 cm³/mol. The van der Waals surface area contributed by atoms with E-state index in [1.54, 1.807) is 0 Å². The fourth-order valence-corrected chi connectivity index (χ4v) is 2.94. The number of benzene rings is 2. The summed E-state index contributed by atoms with van der Waals surface area (Å²) in [5, 5.41) is 2.28. The van der Waals surface area contributed by atoms with E-state index in [0.29, 0.717) is 0 Å². The van der Waals surface area contributed by atoms with Gasteiger partial charge >= 0.3 is 0 Å². The first-order chi connectivity index (χ1) is 9.83. The van der Waals surface area contributed by atoms with Crippen LogP contribution in [0.15, 0.2) is 59.0 Å². The summed E-state index contributed by atoms with van der Waals surface area (Å²) in [6, 6.07) is 18.5. The molecular formula is C18H15NO. The summed E-state index contributed by atoms with van der Waals surface area (Å²) in [4.78, 5) is 0. The number of fused-ring (bicyclic) bond motifs is 3. The van der Waals surface area contributed by atoms with Crippen LogP contribution in [0.1, 0.15) is 12.0 Å². The Labute approximate surface area is 116 Å². The molecule has 1 aliphatic carbocycles. The zero-order valence-electron chi connectivity index (χ0n) is 11.0. The Bertz CT molecular complexity index is 890. The van der Waals surface area contributed by atoms with Crippen molar-refractivity contribution >= 4 is 22.6 Å². The van der Waals surface area contributed by atoms with E-state index in [-0.39, 0.29) is 6.04 Å². The number of para-hydroxylation sites is 1. The Morgan fingerprint density at radius 3 is 2.55 bits per heavy atom. The third kappa shape index (κ3) is 1.69. The minimum atomic E-state index is 0.0405. The van der Waals surface area contributed by atoms with Gasteiger partial charge in [0, 0.05) is 22.2 Å². The molecular weight excluding hydrogens is 246 g/mol. The number of rotatable bonds is 1. The van der Waals surface area contributed by atoms with Crippen molar-refractivity contribution in [2.45, 2.75) is 12.5 Å². The van der Waals surface area contributed by atoms with Gasteiger partial charge in [0.1, 0.15) is 11.0 Å². The monoisotopic (exact) mass is 261 g/mol. The van der Waals surface area contributed by atoms with E-state index in [2.05, 4.69) is 36.4 Å². The van der Waals surface area contributed by atoms with E-state index in [1.807, 2.05) is 24.3 Å². The van der Waals surface area contributed by atoms with Gasteiger partial charge in [0.2, 0.25) is 0 Å². The first kappa shape index (κ1) is 11.5. The topological polar surface area (TPSA) is 39.2 Å². The molecule has 98 valence electrons. The number of furan rings is 1. The molecule has 4 rings (SSSR count). The quantitative estimate of drug-likeness (QED) is 0.729. The van der Waals surface area contributed by atoms with Gasteiger partial charge in [0.25, 0.3) is 0 Å². The molecule has 0 fully saturated rings. The van der Waals surface area contributed by atoms with Gasteiger partial charge in [-0.25, -0.2) is 0 Å². The van der Waals surface area contributed by atoms with Crippen molar-refractivity contribution in [2.24, 2.45) is 5.73 Å². The number of nitrogens with two attached hydrogens (primary N) is 1. The lowest BCUT2D eigenvalue weighted by molar-refractivity contribution is 0.566. The molecule has 2 aromatic carbocycles. The van der Waals surface area contributed by atoms with Crippen LogP contribution >= 0.6 is 0 Å². The molecule has 0 aliphatic heterocycles. The van der Waals surface area contributed by atoms with Crippen molar-refractivity contribution in [2.75, 3.05) is 0 Å². The summed E-state index contributed by atoms with van der Waals surface area (Å²) < 4.78 is 6.08. The molecule has 0 saturated carbocycles. The van der Waals surface area contributed by atoms with Gasteiger partial charge in [0.15, 0.2) is 0 Å². The lowest BCUT2D eigenvalue weighted by Crippen LogP contribution is -2.35. The summed E-state index contributed by atoms with van der Waals surface area (Å²) in [7, 11) is 0. The number of hydrogen-bond acceptors (Lipinski definition) is 2. The van der Waals surface area contributed by atoms with E-state index in [4.69, 9.17) is 10.2 Å². The minimum absolute atomic E-state index is 0.0405. The summed E-state index contributed by atoms with van der Waals surface area (Å²) in [5.74, 6) is 0. The Balaban J connectivity index is 2.15. The highest BCUT2D eigenvalue weighted by molar-refractivity contribution is 5.82. The molecule has 20 heavy (non-hydrogen) atoms. The van der Waals surface area contributed by atoms with E-state index < -0.39 is 0 Å². The molecule has 0 saturated heterocycles. The van der Waals surface area contributed by atoms with Gasteiger partial charge in [-0.05, 0) is 18.1 Å². The van der Waals surface area contributed by atoms with Crippen molar-refractivity contribution in [1.82, 2.24) is 0 Å². The SMILES string of the molecule is NC1C=c2c(oc3ccccc23)=C(c2ccccc2)C1. The summed E-state index contributed by atoms with van der Waals surface area (Å²) >= 11 is 0. The zero-order valence-corrected chi connectivity index (χ0v) is 11.0. The van der Waals surface area contributed by atoms with E-state index >= 15 is 0 Å². The highest BCUT2D eigenvalue weighted by Gasteiger charge is 2.17. The van der Waals surface area contributed by atoms with Gasteiger partial charge in [0.05, 0.1) is 0 Å². The fourth-order valence-electron chi connectivity index (χ4n) is 2.94. The van der Waals surface area contributed by atoms with Crippen LogP contribution in [-0.2, 0) is 0 Å². The van der Waals surface area contributed by atoms with Crippen LogP contribution in [0.25, 0.3) is 22.6 Å². The third-order valence-corrected chi connectivity index (χ3v) is 3.85. The molecule has 2 heteroatoms. The maximum atomic E-state index is 6.21. The Hall–Kier alpha value is -2.32. The van der Waals surface area contributed by atoms with Crippen LogP contribution in [-0.4, -0.2) is 6.04 Å². The molecule has 1 atom stereocenters. The largest absolute Gasteiger partial charge is 0.456 e. The Morgan fingerprint density at radius 1 is 0.950 bits per heavy atom. The van der Waals surface area contributed by atoms with Crippen molar-refractivity contribution in [3.63, 3.8) is 0 Å². The predicted octanol–water partition coefficient (Wildman–Crippen LogP) is 2.14. The lowest BCUT2D eigenvalue weighted by Gasteiger charge is -2.13. The van der Waals surface area contributed by atoms with Crippen LogP contribution in [0.2, 0.25) is 0 Å². The second kappa shape index (κ2) is 4.36. The van der Waals surface area contributed by atoms with Crippen molar-refractivity contribution in [1.29, 1.82) is 0 Å². The average Bonchev–Trinajstić information content (AvgIpc) is 2.86. The first-order valence-electron chi connectivity index (χ1n) is 6.86. The highest BCUT2D eigenvalue weighted by Crippen LogP contribution is 2.20. The summed E-state index contributed by atoms with van der Waals surface area (Å²) in [6.45, 7) is 0. The van der Waals surface area contributed by atoms with Crippen molar-refractivity contribution in [3.05, 3.63) is 70.8 Å². The van der Waals surface area contributed by atoms with Crippen LogP contribution in [0.4, 0.5) is 0 Å². The summed E-state index contributed by atoms with van der Waals surface area (Å²) in [5.41, 5.74) is 10.5. The molecule has 0 bridgehead atoms. The summed E-state index contributed by atoms with van der Waals surface area (Å²) in [6.07, 6.45) is 2.93. The molecule has 1 heterocycles. The molecule has 2 nitrogen and oxygen atoms in total. The number of hydrogen-bond donors (Lipinski definition) is 1. The van der Waals surface area contributed by atoms with Crippen LogP contribution < -0.4 is 16.4 Å². The van der Waals surface area contributed by atoms with Gasteiger partial charge in [-0.3, -0.25) is 0 Å². The smallest absolute Gasteiger partial charge is 0.139 e. The average molecular weight is 261 g/mol. The molecule has 0 spiro atoms. The second-order valence-electron chi connectivity index (χ2n) is 5.22. The molecule has 0 amide bonds. The minimum Gasteiger partial charge on any atom is -0.456 e. The van der Waals surface area contributed by atoms with Gasteiger partial charge in [-0.2, -0.15) is 0 Å². The van der Waals surface area contributed by atoms with Gasteiger partial charge in [-0.15, -0.1) is 0 Å². The van der Waals surface area contributed by atoms with E-state index in [9.17, 15) is 0 Å².